The highest BCUT2D eigenvalue weighted by Gasteiger charge is 2.44. The Bertz CT molecular complexity index is 1040. The van der Waals surface area contributed by atoms with Gasteiger partial charge in [0.25, 0.3) is 0 Å². The predicted octanol–water partition coefficient (Wildman–Crippen LogP) is 5.69. The zero-order chi connectivity index (χ0) is 26.4. The number of carboxylic acid groups (broad SMARTS) is 1. The first-order chi connectivity index (χ1) is 16.3. The van der Waals surface area contributed by atoms with Crippen LogP contribution < -0.4 is 0 Å². The van der Waals surface area contributed by atoms with Gasteiger partial charge in [0.05, 0.1) is 15.6 Å². The first-order valence-corrected chi connectivity index (χ1v) is 11.2. The molecule has 1 atom stereocenters. The highest BCUT2D eigenvalue weighted by Crippen LogP contribution is 2.39. The lowest BCUT2D eigenvalue weighted by Gasteiger charge is -2.45. The van der Waals surface area contributed by atoms with Gasteiger partial charge >= 0.3 is 12.3 Å². The number of halogens is 6. The van der Waals surface area contributed by atoms with E-state index in [0.717, 1.165) is 29.0 Å². The van der Waals surface area contributed by atoms with Crippen LogP contribution in [0.3, 0.4) is 0 Å². The normalized spacial score (nSPS) is 13.3. The van der Waals surface area contributed by atoms with Gasteiger partial charge in [0.2, 0.25) is 5.91 Å². The molecule has 0 aliphatic carbocycles. The molecule has 2 aromatic rings. The van der Waals surface area contributed by atoms with Gasteiger partial charge < -0.3 is 15.1 Å². The SMILES string of the molecule is CN(C[C@](CCCO)(c1ccc(Cl)c(Cl)c1)N(Cc1ccc(F)cc1)C(=O)O)C(=O)CC(F)(F)F. The van der Waals surface area contributed by atoms with Crippen LogP contribution in [0.1, 0.15) is 30.4 Å². The van der Waals surface area contributed by atoms with E-state index < -0.39 is 42.5 Å². The Morgan fingerprint density at radius 1 is 1.03 bits per heavy atom. The number of aliphatic hydroxyl groups excluding tert-OH is 1. The van der Waals surface area contributed by atoms with Gasteiger partial charge in [0.1, 0.15) is 12.2 Å². The number of hydrogen-bond acceptors (Lipinski definition) is 3. The second-order valence-electron chi connectivity index (χ2n) is 8.02. The van der Waals surface area contributed by atoms with E-state index in [9.17, 15) is 37.4 Å². The Kier molecular flexibility index (Phi) is 9.76. The molecular weight excluding hydrogens is 515 g/mol. The van der Waals surface area contributed by atoms with Gasteiger partial charge in [-0.05, 0) is 48.2 Å². The molecule has 2 amide bonds. The van der Waals surface area contributed by atoms with Gasteiger partial charge in [0.15, 0.2) is 0 Å². The Labute approximate surface area is 209 Å². The summed E-state index contributed by atoms with van der Waals surface area (Å²) in [7, 11) is 1.14. The minimum Gasteiger partial charge on any atom is -0.465 e. The second kappa shape index (κ2) is 11.9. The van der Waals surface area contributed by atoms with Crippen LogP contribution in [0.25, 0.3) is 0 Å². The molecule has 0 saturated carbocycles. The number of hydrogen-bond donors (Lipinski definition) is 2. The zero-order valence-corrected chi connectivity index (χ0v) is 20.2. The summed E-state index contributed by atoms with van der Waals surface area (Å²) >= 11 is 12.2. The first kappa shape index (κ1) is 28.7. The van der Waals surface area contributed by atoms with Crippen molar-refractivity contribution in [3.05, 3.63) is 69.5 Å². The highest BCUT2D eigenvalue weighted by molar-refractivity contribution is 6.42. The standard InChI is InChI=1S/C23H24Cl2F4N2O4/c1-30(20(33)12-23(27,28)29)14-22(9-2-10-32,16-5-8-18(24)19(25)11-16)31(21(34)35)13-15-3-6-17(26)7-4-15/h3-8,11,32H,2,9-10,12-14H2,1H3,(H,34,35)/t22-/m1/s1. The van der Waals surface area contributed by atoms with Gasteiger partial charge in [0, 0.05) is 26.7 Å². The van der Waals surface area contributed by atoms with Crippen molar-refractivity contribution >= 4 is 35.2 Å². The average molecular weight is 539 g/mol. The van der Waals surface area contributed by atoms with Crippen molar-refractivity contribution in [3.63, 3.8) is 0 Å². The van der Waals surface area contributed by atoms with Crippen molar-refractivity contribution in [1.29, 1.82) is 0 Å². The van der Waals surface area contributed by atoms with E-state index in [1.165, 1.54) is 30.3 Å². The molecule has 0 bridgehead atoms. The molecule has 0 unspecified atom stereocenters. The van der Waals surface area contributed by atoms with E-state index in [1.54, 1.807) is 0 Å². The number of rotatable bonds is 10. The molecule has 0 fully saturated rings. The second-order valence-corrected chi connectivity index (χ2v) is 8.84. The summed E-state index contributed by atoms with van der Waals surface area (Å²) in [6, 6.07) is 9.28. The Morgan fingerprint density at radius 2 is 1.66 bits per heavy atom. The van der Waals surface area contributed by atoms with Crippen LogP contribution in [0.4, 0.5) is 22.4 Å². The zero-order valence-electron chi connectivity index (χ0n) is 18.7. The molecule has 0 spiro atoms. The maximum absolute atomic E-state index is 13.4. The average Bonchev–Trinajstić information content (AvgIpc) is 2.76. The molecule has 0 heterocycles. The molecule has 35 heavy (non-hydrogen) atoms. The van der Waals surface area contributed by atoms with Crippen LogP contribution in [0.15, 0.2) is 42.5 Å². The monoisotopic (exact) mass is 538 g/mol. The number of carbonyl (C=O) groups is 2. The van der Waals surface area contributed by atoms with Gasteiger partial charge in [-0.15, -0.1) is 0 Å². The fraction of sp³-hybridized carbons (Fsp3) is 0.391. The summed E-state index contributed by atoms with van der Waals surface area (Å²) in [5.74, 6) is -1.80. The minimum absolute atomic E-state index is 0.0503. The molecule has 2 N–H and O–H groups in total. The molecule has 0 saturated heterocycles. The Hall–Kier alpha value is -2.56. The van der Waals surface area contributed by atoms with Gasteiger partial charge in [-0.3, -0.25) is 9.69 Å². The molecule has 192 valence electrons. The number of aliphatic hydroxyl groups is 1. The lowest BCUT2D eigenvalue weighted by atomic mass is 9.82. The number of amides is 2. The molecule has 0 aromatic heterocycles. The van der Waals surface area contributed by atoms with Crippen LogP contribution in [-0.2, 0) is 16.9 Å². The van der Waals surface area contributed by atoms with E-state index in [0.29, 0.717) is 5.56 Å². The predicted molar refractivity (Wildman–Crippen MR) is 123 cm³/mol. The van der Waals surface area contributed by atoms with Crippen molar-refractivity contribution in [3.8, 4) is 0 Å². The smallest absolute Gasteiger partial charge is 0.408 e. The van der Waals surface area contributed by atoms with Crippen LogP contribution in [0.5, 0.6) is 0 Å². The summed E-state index contributed by atoms with van der Waals surface area (Å²) in [4.78, 5) is 26.6. The maximum Gasteiger partial charge on any atom is 0.408 e. The molecular formula is C23H24Cl2F4N2O4. The summed E-state index contributed by atoms with van der Waals surface area (Å²) in [6.45, 7) is -1.12. The van der Waals surface area contributed by atoms with Crippen molar-refractivity contribution in [2.45, 2.75) is 37.5 Å². The Morgan fingerprint density at radius 3 is 2.17 bits per heavy atom. The fourth-order valence-electron chi connectivity index (χ4n) is 3.81. The minimum atomic E-state index is -4.76. The van der Waals surface area contributed by atoms with Crippen LogP contribution in [-0.4, -0.2) is 58.4 Å². The van der Waals surface area contributed by atoms with Gasteiger partial charge in [-0.25, -0.2) is 9.18 Å². The van der Waals surface area contributed by atoms with E-state index in [-0.39, 0.29) is 41.6 Å². The quantitative estimate of drug-likeness (QED) is 0.380. The third-order valence-electron chi connectivity index (χ3n) is 5.48. The molecule has 0 aliphatic heterocycles. The number of benzene rings is 2. The maximum atomic E-state index is 13.4. The van der Waals surface area contributed by atoms with Crippen LogP contribution >= 0.6 is 23.2 Å². The van der Waals surface area contributed by atoms with Gasteiger partial charge in [-0.2, -0.15) is 13.2 Å². The van der Waals surface area contributed by atoms with E-state index in [1.807, 2.05) is 0 Å². The number of alkyl halides is 3. The third-order valence-corrected chi connectivity index (χ3v) is 6.22. The summed E-state index contributed by atoms with van der Waals surface area (Å²) < 4.78 is 52.0. The molecule has 12 heteroatoms. The van der Waals surface area contributed by atoms with Gasteiger partial charge in [-0.1, -0.05) is 41.4 Å². The largest absolute Gasteiger partial charge is 0.465 e. The molecule has 0 aliphatic rings. The lowest BCUT2D eigenvalue weighted by molar-refractivity contribution is -0.161. The molecule has 2 aromatic carbocycles. The molecule has 2 rings (SSSR count). The van der Waals surface area contributed by atoms with Crippen LogP contribution in [0, 0.1) is 5.82 Å². The van der Waals surface area contributed by atoms with E-state index in [2.05, 4.69) is 0 Å². The first-order valence-electron chi connectivity index (χ1n) is 10.4. The van der Waals surface area contributed by atoms with Crippen LogP contribution in [0.2, 0.25) is 10.0 Å². The Balaban J connectivity index is 2.66. The van der Waals surface area contributed by atoms with E-state index >= 15 is 0 Å². The number of nitrogens with zero attached hydrogens (tertiary/aromatic N) is 2. The summed E-state index contributed by atoms with van der Waals surface area (Å²) in [6.07, 6.45) is -7.96. The topological polar surface area (TPSA) is 81.1 Å². The number of carbonyl (C=O) groups excluding carboxylic acids is 1. The highest BCUT2D eigenvalue weighted by atomic mass is 35.5. The summed E-state index contributed by atoms with van der Waals surface area (Å²) in [5.41, 5.74) is -0.976. The summed E-state index contributed by atoms with van der Waals surface area (Å²) in [5, 5.41) is 19.9. The van der Waals surface area contributed by atoms with Crippen molar-refractivity contribution < 1.29 is 37.4 Å². The van der Waals surface area contributed by atoms with Crippen molar-refractivity contribution in [2.24, 2.45) is 0 Å². The van der Waals surface area contributed by atoms with Crippen molar-refractivity contribution in [2.75, 3.05) is 20.2 Å². The van der Waals surface area contributed by atoms with E-state index in [4.69, 9.17) is 23.2 Å². The fourth-order valence-corrected chi connectivity index (χ4v) is 4.11. The number of likely N-dealkylation sites (N-methyl/N-ethyl adjacent to an activating group) is 1. The molecule has 6 nitrogen and oxygen atoms in total. The lowest BCUT2D eigenvalue weighted by Crippen LogP contribution is -2.55. The third kappa shape index (κ3) is 7.71. The molecule has 0 radical (unpaired) electrons. The van der Waals surface area contributed by atoms with Crippen molar-refractivity contribution in [1.82, 2.24) is 9.80 Å².